The van der Waals surface area contributed by atoms with Crippen molar-refractivity contribution in [1.29, 1.82) is 5.26 Å². The molecule has 0 saturated heterocycles. The molecular weight excluding hydrogens is 500 g/mol. The third-order valence-electron chi connectivity index (χ3n) is 8.43. The molecule has 188 valence electrons. The summed E-state index contributed by atoms with van der Waals surface area (Å²) in [5.74, 6) is 0.502. The lowest BCUT2D eigenvalue weighted by Crippen LogP contribution is -2.03. The number of rotatable bonds is 2. The summed E-state index contributed by atoms with van der Waals surface area (Å²) in [5, 5.41) is 15.5. The van der Waals surface area contributed by atoms with Gasteiger partial charge in [0.2, 0.25) is 5.95 Å². The van der Waals surface area contributed by atoms with Gasteiger partial charge >= 0.3 is 0 Å². The van der Waals surface area contributed by atoms with Gasteiger partial charge < -0.3 is 0 Å². The third kappa shape index (κ3) is 2.98. The number of benzene rings is 6. The third-order valence-corrected chi connectivity index (χ3v) is 8.43. The van der Waals surface area contributed by atoms with Crippen LogP contribution < -0.4 is 0 Å². The van der Waals surface area contributed by atoms with Gasteiger partial charge in [0.05, 0.1) is 16.6 Å². The second kappa shape index (κ2) is 8.11. The summed E-state index contributed by atoms with van der Waals surface area (Å²) in [6, 6.07) is 44.8. The molecule has 4 heteroatoms. The summed E-state index contributed by atoms with van der Waals surface area (Å²) < 4.78 is 2.08. The van der Waals surface area contributed by atoms with E-state index in [2.05, 4.69) is 102 Å². The molecule has 0 aliphatic heterocycles. The number of nitriles is 1. The van der Waals surface area contributed by atoms with E-state index in [4.69, 9.17) is 9.97 Å². The van der Waals surface area contributed by atoms with Crippen LogP contribution in [0.25, 0.3) is 82.8 Å². The molecule has 0 amide bonds. The lowest BCUT2D eigenvalue weighted by Gasteiger charge is -2.11. The maximum absolute atomic E-state index is 9.88. The molecule has 0 radical (unpaired) electrons. The average Bonchev–Trinajstić information content (AvgIpc) is 3.54. The molecule has 41 heavy (non-hydrogen) atoms. The first kappa shape index (κ1) is 22.1. The van der Waals surface area contributed by atoms with Crippen molar-refractivity contribution in [2.24, 2.45) is 0 Å². The van der Waals surface area contributed by atoms with E-state index >= 15 is 0 Å². The van der Waals surface area contributed by atoms with Crippen LogP contribution in [0.1, 0.15) is 5.69 Å². The van der Waals surface area contributed by atoms with Gasteiger partial charge in [-0.25, -0.2) is 9.97 Å². The molecule has 0 fully saturated rings. The molecule has 2 heterocycles. The molecule has 6 aromatic carbocycles. The zero-order valence-corrected chi connectivity index (χ0v) is 21.8. The Labute approximate surface area is 235 Å². The molecule has 0 unspecified atom stereocenters. The van der Waals surface area contributed by atoms with E-state index in [9.17, 15) is 5.26 Å². The molecule has 1 aliphatic rings. The first-order valence-corrected chi connectivity index (χ1v) is 13.7. The number of fused-ring (bicyclic) bond motifs is 7. The van der Waals surface area contributed by atoms with E-state index in [-0.39, 0.29) is 0 Å². The second-order valence-corrected chi connectivity index (χ2v) is 10.5. The van der Waals surface area contributed by atoms with Gasteiger partial charge in [-0.2, -0.15) is 5.26 Å². The van der Waals surface area contributed by atoms with Crippen molar-refractivity contribution < 1.29 is 0 Å². The van der Waals surface area contributed by atoms with Gasteiger partial charge in [0.1, 0.15) is 6.07 Å². The van der Waals surface area contributed by atoms with Crippen molar-refractivity contribution in [1.82, 2.24) is 14.5 Å². The fraction of sp³-hybridized carbons (Fsp3) is 0. The Morgan fingerprint density at radius 1 is 0.512 bits per heavy atom. The highest BCUT2D eigenvalue weighted by Crippen LogP contribution is 2.49. The highest BCUT2D eigenvalue weighted by Gasteiger charge is 2.23. The molecule has 9 rings (SSSR count). The molecule has 1 aliphatic carbocycles. The lowest BCUT2D eigenvalue weighted by atomic mass is 9.93. The molecule has 0 saturated carbocycles. The van der Waals surface area contributed by atoms with Crippen molar-refractivity contribution in [3.8, 4) is 45.4 Å². The lowest BCUT2D eigenvalue weighted by molar-refractivity contribution is 1.00. The van der Waals surface area contributed by atoms with Crippen LogP contribution in [0.15, 0.2) is 121 Å². The fourth-order valence-electron chi connectivity index (χ4n) is 6.67. The van der Waals surface area contributed by atoms with Gasteiger partial charge in [0.25, 0.3) is 0 Å². The molecular formula is C37H20N4. The number of nitrogens with zero attached hydrogens (tertiary/aromatic N) is 4. The van der Waals surface area contributed by atoms with Gasteiger partial charge in [-0.3, -0.25) is 4.57 Å². The van der Waals surface area contributed by atoms with Crippen LogP contribution in [0.4, 0.5) is 0 Å². The maximum Gasteiger partial charge on any atom is 0.236 e. The van der Waals surface area contributed by atoms with Crippen LogP contribution in [0.5, 0.6) is 0 Å². The minimum absolute atomic E-state index is 0.377. The van der Waals surface area contributed by atoms with Crippen molar-refractivity contribution in [2.45, 2.75) is 0 Å². The Hall–Kier alpha value is -5.79. The van der Waals surface area contributed by atoms with Crippen LogP contribution in [0, 0.1) is 11.3 Å². The molecule has 0 spiro atoms. The van der Waals surface area contributed by atoms with Crippen molar-refractivity contribution >= 4 is 43.5 Å². The van der Waals surface area contributed by atoms with Crippen molar-refractivity contribution in [3.05, 3.63) is 127 Å². The first-order chi connectivity index (χ1) is 20.3. The van der Waals surface area contributed by atoms with Gasteiger partial charge in [-0.15, -0.1) is 0 Å². The molecule has 0 atom stereocenters. The summed E-state index contributed by atoms with van der Waals surface area (Å²) in [6.45, 7) is 0. The van der Waals surface area contributed by atoms with E-state index < -0.39 is 0 Å². The largest absolute Gasteiger partial charge is 0.278 e. The SMILES string of the molecule is N#Cc1nc(-n2c3ccccc3c3cc(-c4ccc5c6c(cccc46)-c4ccccc4-5)ccc32)nc2ccccc12. The summed E-state index contributed by atoms with van der Waals surface area (Å²) in [6.07, 6.45) is 0. The Balaban J connectivity index is 1.30. The number of hydrogen-bond acceptors (Lipinski definition) is 3. The molecule has 8 aromatic rings. The Morgan fingerprint density at radius 2 is 1.17 bits per heavy atom. The topological polar surface area (TPSA) is 54.5 Å². The molecule has 2 aromatic heterocycles. The van der Waals surface area contributed by atoms with Gasteiger partial charge in [-0.05, 0) is 74.5 Å². The van der Waals surface area contributed by atoms with E-state index in [1.165, 1.54) is 38.6 Å². The highest BCUT2D eigenvalue weighted by atomic mass is 15.2. The van der Waals surface area contributed by atoms with E-state index in [1.807, 2.05) is 30.3 Å². The van der Waals surface area contributed by atoms with Crippen LogP contribution in [0.3, 0.4) is 0 Å². The Morgan fingerprint density at radius 3 is 2.02 bits per heavy atom. The summed E-state index contributed by atoms with van der Waals surface area (Å²) in [5.41, 5.74) is 10.7. The van der Waals surface area contributed by atoms with Crippen LogP contribution >= 0.6 is 0 Å². The quantitative estimate of drug-likeness (QED) is 0.228. The fourth-order valence-corrected chi connectivity index (χ4v) is 6.67. The predicted molar refractivity (Wildman–Crippen MR) is 166 cm³/mol. The standard InChI is InChI=1S/C37H20N4/c38-21-33-30-11-3-5-14-32(30)39-37(40-33)41-34-15-6-4-10-26(34)31-20-22(16-19-35(31)41)23-17-18-29-25-9-2-1-8-24(25)28-13-7-12-27(23)36(28)29/h1-20H. The van der Waals surface area contributed by atoms with E-state index in [0.717, 1.165) is 38.3 Å². The zero-order chi connectivity index (χ0) is 27.1. The number of hydrogen-bond donors (Lipinski definition) is 0. The normalized spacial score (nSPS) is 11.9. The van der Waals surface area contributed by atoms with Crippen LogP contribution in [-0.2, 0) is 0 Å². The van der Waals surface area contributed by atoms with Gasteiger partial charge in [0, 0.05) is 16.2 Å². The zero-order valence-electron chi connectivity index (χ0n) is 21.8. The summed E-state index contributed by atoms with van der Waals surface area (Å²) >= 11 is 0. The van der Waals surface area contributed by atoms with Gasteiger partial charge in [-0.1, -0.05) is 91.0 Å². The van der Waals surface area contributed by atoms with Crippen molar-refractivity contribution in [3.63, 3.8) is 0 Å². The minimum Gasteiger partial charge on any atom is -0.278 e. The molecule has 0 N–H and O–H groups in total. The number of aromatic nitrogens is 3. The van der Waals surface area contributed by atoms with Crippen LogP contribution in [-0.4, -0.2) is 14.5 Å². The van der Waals surface area contributed by atoms with Crippen LogP contribution in [0.2, 0.25) is 0 Å². The Bertz CT molecular complexity index is 2410. The van der Waals surface area contributed by atoms with E-state index in [0.29, 0.717) is 11.6 Å². The van der Waals surface area contributed by atoms with E-state index in [1.54, 1.807) is 0 Å². The molecule has 0 bridgehead atoms. The summed E-state index contributed by atoms with van der Waals surface area (Å²) in [7, 11) is 0. The average molecular weight is 521 g/mol. The first-order valence-electron chi connectivity index (χ1n) is 13.7. The second-order valence-electron chi connectivity index (χ2n) is 10.5. The maximum atomic E-state index is 9.88. The molecule has 4 nitrogen and oxygen atoms in total. The minimum atomic E-state index is 0.377. The monoisotopic (exact) mass is 520 g/mol. The van der Waals surface area contributed by atoms with Gasteiger partial charge in [0.15, 0.2) is 5.69 Å². The van der Waals surface area contributed by atoms with Crippen molar-refractivity contribution in [2.75, 3.05) is 0 Å². The summed E-state index contributed by atoms with van der Waals surface area (Å²) in [4.78, 5) is 9.62. The Kier molecular flexibility index (Phi) is 4.37. The highest BCUT2D eigenvalue weighted by molar-refractivity contribution is 6.19. The smallest absolute Gasteiger partial charge is 0.236 e. The number of para-hydroxylation sites is 2. The predicted octanol–water partition coefficient (Wildman–Crippen LogP) is 9.07.